The molecule has 3 aromatic carbocycles. The Balaban J connectivity index is 1.40. The fourth-order valence-electron chi connectivity index (χ4n) is 4.88. The lowest BCUT2D eigenvalue weighted by Gasteiger charge is -2.40. The largest absolute Gasteiger partial charge is 0.497 e. The number of methoxy groups -OCH3 is 1. The van der Waals surface area contributed by atoms with E-state index in [9.17, 15) is 0 Å². The van der Waals surface area contributed by atoms with Crippen LogP contribution in [0, 0.1) is 13.8 Å². The van der Waals surface area contributed by atoms with Gasteiger partial charge in [-0.15, -0.1) is 5.10 Å². The molecule has 1 fully saturated rings. The van der Waals surface area contributed by atoms with Gasteiger partial charge in [0.15, 0.2) is 5.82 Å². The molecule has 0 radical (unpaired) electrons. The minimum absolute atomic E-state index is 0.00907. The number of nitrogens with zero attached hydrogens (tertiary/aromatic N) is 6. The van der Waals surface area contributed by atoms with Crippen molar-refractivity contribution in [2.75, 3.05) is 38.2 Å². The second-order valence-corrected chi connectivity index (χ2v) is 9.10. The molecular formula is C28H32N6O. The maximum absolute atomic E-state index is 5.30. The Labute approximate surface area is 206 Å². The highest BCUT2D eigenvalue weighted by Crippen LogP contribution is 2.30. The predicted molar refractivity (Wildman–Crippen MR) is 138 cm³/mol. The number of aromatic nitrogens is 4. The molecule has 0 bridgehead atoms. The van der Waals surface area contributed by atoms with Crippen LogP contribution in [-0.4, -0.2) is 58.4 Å². The van der Waals surface area contributed by atoms with Crippen molar-refractivity contribution < 1.29 is 4.74 Å². The fourth-order valence-corrected chi connectivity index (χ4v) is 4.88. The van der Waals surface area contributed by atoms with Crippen LogP contribution in [0.3, 0.4) is 0 Å². The summed E-state index contributed by atoms with van der Waals surface area (Å²) in [4.78, 5) is 5.01. The van der Waals surface area contributed by atoms with Crippen LogP contribution in [0.4, 0.5) is 5.69 Å². The molecule has 35 heavy (non-hydrogen) atoms. The predicted octanol–water partition coefficient (Wildman–Crippen LogP) is 4.26. The fraction of sp³-hybridized carbons (Fsp3) is 0.321. The standard InChI is InChI=1S/C28H32N6O/c1-21-8-7-11-26(22(21)2)32-16-18-33(19-17-32)27(24-9-5-4-6-10-24)28-29-30-31-34(28)20-23-12-14-25(35-3)15-13-23/h4-15,27H,16-20H2,1-3H3/t27-/m1/s1. The lowest BCUT2D eigenvalue weighted by molar-refractivity contribution is 0.201. The van der Waals surface area contributed by atoms with E-state index in [0.29, 0.717) is 6.54 Å². The van der Waals surface area contributed by atoms with E-state index >= 15 is 0 Å². The number of tetrazole rings is 1. The smallest absolute Gasteiger partial charge is 0.173 e. The Morgan fingerprint density at radius 1 is 0.857 bits per heavy atom. The number of ether oxygens (including phenoxy) is 1. The van der Waals surface area contributed by atoms with Crippen LogP contribution in [0.25, 0.3) is 0 Å². The monoisotopic (exact) mass is 468 g/mol. The topological polar surface area (TPSA) is 59.3 Å². The average molecular weight is 469 g/mol. The van der Waals surface area contributed by atoms with Crippen LogP contribution < -0.4 is 9.64 Å². The van der Waals surface area contributed by atoms with Crippen molar-refractivity contribution in [3.8, 4) is 5.75 Å². The summed E-state index contributed by atoms with van der Waals surface area (Å²) in [5.41, 5.74) is 6.38. The van der Waals surface area contributed by atoms with Gasteiger partial charge in [-0.25, -0.2) is 4.68 Å². The van der Waals surface area contributed by atoms with Gasteiger partial charge in [-0.3, -0.25) is 4.90 Å². The Morgan fingerprint density at radius 3 is 2.31 bits per heavy atom. The van der Waals surface area contributed by atoms with E-state index < -0.39 is 0 Å². The van der Waals surface area contributed by atoms with Gasteiger partial charge in [-0.1, -0.05) is 54.6 Å². The van der Waals surface area contributed by atoms with Crippen molar-refractivity contribution in [3.63, 3.8) is 0 Å². The molecule has 0 unspecified atom stereocenters. The summed E-state index contributed by atoms with van der Waals surface area (Å²) >= 11 is 0. The third-order valence-electron chi connectivity index (χ3n) is 7.01. The van der Waals surface area contributed by atoms with Gasteiger partial charge in [0.25, 0.3) is 0 Å². The van der Waals surface area contributed by atoms with Crippen molar-refractivity contribution in [1.82, 2.24) is 25.1 Å². The third kappa shape index (κ3) is 4.91. The normalized spacial score (nSPS) is 15.2. The summed E-state index contributed by atoms with van der Waals surface area (Å²) in [5, 5.41) is 13.0. The van der Waals surface area contributed by atoms with Gasteiger partial charge in [0.1, 0.15) is 5.75 Å². The van der Waals surface area contributed by atoms with Gasteiger partial charge in [0, 0.05) is 31.9 Å². The summed E-state index contributed by atoms with van der Waals surface area (Å²) in [6.45, 7) is 8.81. The van der Waals surface area contributed by atoms with Crippen molar-refractivity contribution in [1.29, 1.82) is 0 Å². The van der Waals surface area contributed by atoms with E-state index in [1.54, 1.807) is 7.11 Å². The lowest BCUT2D eigenvalue weighted by atomic mass is 10.0. The first-order valence-electron chi connectivity index (χ1n) is 12.1. The Kier molecular flexibility index (Phi) is 6.77. The van der Waals surface area contributed by atoms with Crippen molar-refractivity contribution in [2.24, 2.45) is 0 Å². The van der Waals surface area contributed by atoms with Gasteiger partial charge in [-0.05, 0) is 64.7 Å². The number of hydrogen-bond acceptors (Lipinski definition) is 6. The van der Waals surface area contributed by atoms with Crippen molar-refractivity contribution in [2.45, 2.75) is 26.4 Å². The summed E-state index contributed by atoms with van der Waals surface area (Å²) < 4.78 is 7.23. The summed E-state index contributed by atoms with van der Waals surface area (Å²) in [5.74, 6) is 1.71. The van der Waals surface area contributed by atoms with Gasteiger partial charge >= 0.3 is 0 Å². The maximum Gasteiger partial charge on any atom is 0.173 e. The SMILES string of the molecule is COc1ccc(Cn2nnnc2[C@@H](c2ccccc2)N2CCN(c3cccc(C)c3C)CC2)cc1. The highest BCUT2D eigenvalue weighted by molar-refractivity contribution is 5.56. The first kappa shape index (κ1) is 23.1. The molecule has 0 aliphatic carbocycles. The van der Waals surface area contributed by atoms with Crippen LogP contribution in [-0.2, 0) is 6.54 Å². The first-order chi connectivity index (χ1) is 17.1. The highest BCUT2D eigenvalue weighted by atomic mass is 16.5. The Morgan fingerprint density at radius 2 is 1.60 bits per heavy atom. The van der Waals surface area contributed by atoms with Gasteiger partial charge < -0.3 is 9.64 Å². The molecule has 5 rings (SSSR count). The molecule has 1 aliphatic heterocycles. The maximum atomic E-state index is 5.30. The average Bonchev–Trinajstić information content (AvgIpc) is 3.35. The number of piperazine rings is 1. The second-order valence-electron chi connectivity index (χ2n) is 9.10. The summed E-state index contributed by atoms with van der Waals surface area (Å²) in [6.07, 6.45) is 0. The number of rotatable bonds is 7. The minimum atomic E-state index is -0.00907. The van der Waals surface area contributed by atoms with E-state index in [4.69, 9.17) is 4.74 Å². The van der Waals surface area contributed by atoms with E-state index in [2.05, 4.69) is 99.8 Å². The van der Waals surface area contributed by atoms with Crippen LogP contribution >= 0.6 is 0 Å². The molecule has 1 aromatic heterocycles. The van der Waals surface area contributed by atoms with Crippen LogP contribution in [0.5, 0.6) is 5.75 Å². The highest BCUT2D eigenvalue weighted by Gasteiger charge is 2.31. The minimum Gasteiger partial charge on any atom is -0.497 e. The molecule has 2 heterocycles. The zero-order chi connectivity index (χ0) is 24.2. The molecule has 180 valence electrons. The molecule has 1 atom stereocenters. The number of benzene rings is 3. The molecule has 0 spiro atoms. The van der Waals surface area contributed by atoms with Crippen LogP contribution in [0.2, 0.25) is 0 Å². The van der Waals surface area contributed by atoms with E-state index in [0.717, 1.165) is 43.3 Å². The van der Waals surface area contributed by atoms with E-state index in [1.165, 1.54) is 22.4 Å². The molecule has 7 heteroatoms. The third-order valence-corrected chi connectivity index (χ3v) is 7.01. The molecule has 0 amide bonds. The molecule has 1 saturated heterocycles. The Hall–Kier alpha value is -3.71. The summed E-state index contributed by atoms with van der Waals surface area (Å²) in [6, 6.07) is 25.2. The molecule has 1 aliphatic rings. The van der Waals surface area contributed by atoms with Crippen molar-refractivity contribution >= 4 is 5.69 Å². The number of hydrogen-bond donors (Lipinski definition) is 0. The van der Waals surface area contributed by atoms with Crippen LogP contribution in [0.1, 0.15) is 34.1 Å². The first-order valence-corrected chi connectivity index (χ1v) is 12.1. The molecule has 4 aromatic rings. The Bertz CT molecular complexity index is 1250. The van der Waals surface area contributed by atoms with E-state index in [-0.39, 0.29) is 6.04 Å². The van der Waals surface area contributed by atoms with Crippen molar-refractivity contribution in [3.05, 3.63) is 101 Å². The van der Waals surface area contributed by atoms with E-state index in [1.807, 2.05) is 16.8 Å². The molecular weight excluding hydrogens is 436 g/mol. The molecule has 7 nitrogen and oxygen atoms in total. The van der Waals surface area contributed by atoms with Gasteiger partial charge in [-0.2, -0.15) is 0 Å². The lowest BCUT2D eigenvalue weighted by Crippen LogP contribution is -2.48. The number of aryl methyl sites for hydroxylation is 1. The quantitative estimate of drug-likeness (QED) is 0.404. The zero-order valence-corrected chi connectivity index (χ0v) is 20.6. The molecule has 0 saturated carbocycles. The van der Waals surface area contributed by atoms with Gasteiger partial charge in [0.05, 0.1) is 19.7 Å². The molecule has 0 N–H and O–H groups in total. The second kappa shape index (κ2) is 10.3. The summed E-state index contributed by atoms with van der Waals surface area (Å²) in [7, 11) is 1.68. The zero-order valence-electron chi connectivity index (χ0n) is 20.6. The van der Waals surface area contributed by atoms with Crippen LogP contribution in [0.15, 0.2) is 72.8 Å². The van der Waals surface area contributed by atoms with Gasteiger partial charge in [0.2, 0.25) is 0 Å². The number of anilines is 1.